The van der Waals surface area contributed by atoms with Crippen molar-refractivity contribution in [1.29, 1.82) is 0 Å². The van der Waals surface area contributed by atoms with E-state index in [1.807, 2.05) is 26.0 Å². The van der Waals surface area contributed by atoms with E-state index in [-0.39, 0.29) is 0 Å². The van der Waals surface area contributed by atoms with E-state index >= 15 is 0 Å². The van der Waals surface area contributed by atoms with E-state index in [9.17, 15) is 14.7 Å². The number of aliphatic hydroxyl groups is 1. The van der Waals surface area contributed by atoms with Crippen LogP contribution in [0, 0.1) is 13.8 Å². The molecule has 1 aromatic rings. The lowest BCUT2D eigenvalue weighted by molar-refractivity contribution is -0.141. The minimum absolute atomic E-state index is 0.578. The SMILES string of the molecule is Cc1ccc(N(C)C(=O)NC(C(=O)O)C(C)O)c(C)c1. The summed E-state index contributed by atoms with van der Waals surface area (Å²) in [6, 6.07) is 3.68. The molecule has 0 saturated carbocycles. The third kappa shape index (κ3) is 3.71. The number of nitrogens with one attached hydrogen (secondary N) is 1. The molecular formula is C14H20N2O4. The Hall–Kier alpha value is -2.08. The van der Waals surface area contributed by atoms with E-state index in [2.05, 4.69) is 5.32 Å². The molecule has 1 aromatic carbocycles. The summed E-state index contributed by atoms with van der Waals surface area (Å²) in [5.74, 6) is -1.28. The van der Waals surface area contributed by atoms with Crippen LogP contribution < -0.4 is 10.2 Å². The van der Waals surface area contributed by atoms with Crippen LogP contribution in [0.4, 0.5) is 10.5 Å². The lowest BCUT2D eigenvalue weighted by Crippen LogP contribution is -2.51. The molecule has 110 valence electrons. The fourth-order valence-corrected chi connectivity index (χ4v) is 1.91. The number of carboxylic acid groups (broad SMARTS) is 1. The Bertz CT molecular complexity index is 514. The molecule has 0 aliphatic rings. The van der Waals surface area contributed by atoms with Crippen LogP contribution >= 0.6 is 0 Å². The van der Waals surface area contributed by atoms with Crippen LogP contribution in [0.5, 0.6) is 0 Å². The van der Waals surface area contributed by atoms with Crippen LogP contribution in [-0.4, -0.2) is 41.4 Å². The van der Waals surface area contributed by atoms with Gasteiger partial charge in [0.25, 0.3) is 0 Å². The number of aliphatic carboxylic acids is 1. The number of amides is 2. The van der Waals surface area contributed by atoms with Gasteiger partial charge in [-0.2, -0.15) is 0 Å². The first kappa shape index (κ1) is 16.0. The third-order valence-electron chi connectivity index (χ3n) is 3.05. The van der Waals surface area contributed by atoms with Crippen molar-refractivity contribution in [3.8, 4) is 0 Å². The average Bonchev–Trinajstić information content (AvgIpc) is 2.34. The number of anilines is 1. The van der Waals surface area contributed by atoms with Crippen molar-refractivity contribution in [3.63, 3.8) is 0 Å². The maximum absolute atomic E-state index is 12.0. The van der Waals surface area contributed by atoms with Gasteiger partial charge in [-0.3, -0.25) is 4.90 Å². The zero-order valence-corrected chi connectivity index (χ0v) is 12.0. The second-order valence-corrected chi connectivity index (χ2v) is 4.85. The van der Waals surface area contributed by atoms with Crippen molar-refractivity contribution in [2.45, 2.75) is 32.9 Å². The molecule has 0 spiro atoms. The van der Waals surface area contributed by atoms with Gasteiger partial charge in [-0.05, 0) is 32.4 Å². The molecule has 0 saturated heterocycles. The Morgan fingerprint density at radius 2 is 1.90 bits per heavy atom. The van der Waals surface area contributed by atoms with Gasteiger partial charge in [-0.1, -0.05) is 17.7 Å². The van der Waals surface area contributed by atoms with Crippen molar-refractivity contribution in [1.82, 2.24) is 5.32 Å². The Morgan fingerprint density at radius 3 is 2.35 bits per heavy atom. The molecule has 0 radical (unpaired) electrons. The van der Waals surface area contributed by atoms with Crippen molar-refractivity contribution >= 4 is 17.7 Å². The summed E-state index contributed by atoms with van der Waals surface area (Å²) in [7, 11) is 1.55. The van der Waals surface area contributed by atoms with Gasteiger partial charge in [0.1, 0.15) is 0 Å². The van der Waals surface area contributed by atoms with E-state index in [0.29, 0.717) is 5.69 Å². The van der Waals surface area contributed by atoms with Crippen LogP contribution in [0.3, 0.4) is 0 Å². The lowest BCUT2D eigenvalue weighted by atomic mass is 10.1. The van der Waals surface area contributed by atoms with Crippen LogP contribution in [0.2, 0.25) is 0 Å². The molecule has 0 aliphatic heterocycles. The number of urea groups is 1. The number of nitrogens with zero attached hydrogens (tertiary/aromatic N) is 1. The summed E-state index contributed by atoms with van der Waals surface area (Å²) >= 11 is 0. The highest BCUT2D eigenvalue weighted by atomic mass is 16.4. The number of carbonyl (C=O) groups excluding carboxylic acids is 1. The van der Waals surface area contributed by atoms with Crippen LogP contribution in [0.15, 0.2) is 18.2 Å². The maximum Gasteiger partial charge on any atom is 0.328 e. The fourth-order valence-electron chi connectivity index (χ4n) is 1.91. The molecule has 0 fully saturated rings. The second-order valence-electron chi connectivity index (χ2n) is 4.85. The monoisotopic (exact) mass is 280 g/mol. The zero-order valence-electron chi connectivity index (χ0n) is 12.0. The fraction of sp³-hybridized carbons (Fsp3) is 0.429. The average molecular weight is 280 g/mol. The number of aryl methyl sites for hydroxylation is 2. The van der Waals surface area contributed by atoms with E-state index < -0.39 is 24.1 Å². The number of rotatable bonds is 4. The highest BCUT2D eigenvalue weighted by Gasteiger charge is 2.26. The predicted molar refractivity (Wildman–Crippen MR) is 76.0 cm³/mol. The number of hydrogen-bond acceptors (Lipinski definition) is 3. The molecule has 6 heteroatoms. The Balaban J connectivity index is 2.88. The third-order valence-corrected chi connectivity index (χ3v) is 3.05. The normalized spacial score (nSPS) is 13.4. The molecule has 0 heterocycles. The minimum atomic E-state index is -1.34. The number of aliphatic hydroxyl groups excluding tert-OH is 1. The molecule has 6 nitrogen and oxygen atoms in total. The van der Waals surface area contributed by atoms with E-state index in [1.165, 1.54) is 11.8 Å². The molecule has 2 amide bonds. The summed E-state index contributed by atoms with van der Waals surface area (Å²) in [5, 5.41) is 20.6. The number of carboxylic acids is 1. The summed E-state index contributed by atoms with van der Waals surface area (Å²) in [4.78, 5) is 24.3. The number of hydrogen-bond donors (Lipinski definition) is 3. The molecule has 20 heavy (non-hydrogen) atoms. The van der Waals surface area contributed by atoms with Crippen LogP contribution in [0.1, 0.15) is 18.1 Å². The Kier molecular flexibility index (Phi) is 5.10. The first-order valence-electron chi connectivity index (χ1n) is 6.26. The lowest BCUT2D eigenvalue weighted by Gasteiger charge is -2.24. The van der Waals surface area contributed by atoms with E-state index in [4.69, 9.17) is 5.11 Å². The molecule has 0 aromatic heterocycles. The van der Waals surface area contributed by atoms with Crippen LogP contribution in [-0.2, 0) is 4.79 Å². The largest absolute Gasteiger partial charge is 0.480 e. The quantitative estimate of drug-likeness (QED) is 0.775. The molecule has 2 atom stereocenters. The topological polar surface area (TPSA) is 89.9 Å². The second kappa shape index (κ2) is 6.38. The van der Waals surface area contributed by atoms with Crippen LogP contribution in [0.25, 0.3) is 0 Å². The molecular weight excluding hydrogens is 260 g/mol. The van der Waals surface area contributed by atoms with E-state index in [0.717, 1.165) is 11.1 Å². The first-order chi connectivity index (χ1) is 9.23. The number of benzene rings is 1. The van der Waals surface area contributed by atoms with E-state index in [1.54, 1.807) is 13.1 Å². The predicted octanol–water partition coefficient (Wildman–Crippen LogP) is 1.28. The molecule has 3 N–H and O–H groups in total. The van der Waals surface area contributed by atoms with Crippen molar-refractivity contribution in [2.24, 2.45) is 0 Å². The van der Waals surface area contributed by atoms with Gasteiger partial charge in [0, 0.05) is 12.7 Å². The summed E-state index contributed by atoms with van der Waals surface area (Å²) < 4.78 is 0. The van der Waals surface area contributed by atoms with Gasteiger partial charge in [0.05, 0.1) is 6.10 Å². The van der Waals surface area contributed by atoms with Gasteiger partial charge in [0.15, 0.2) is 6.04 Å². The minimum Gasteiger partial charge on any atom is -0.480 e. The molecule has 2 unspecified atom stereocenters. The van der Waals surface area contributed by atoms with Gasteiger partial charge < -0.3 is 15.5 Å². The highest BCUT2D eigenvalue weighted by Crippen LogP contribution is 2.20. The molecule has 0 aliphatic carbocycles. The number of carbonyl (C=O) groups is 2. The van der Waals surface area contributed by atoms with Crippen molar-refractivity contribution in [3.05, 3.63) is 29.3 Å². The first-order valence-corrected chi connectivity index (χ1v) is 6.26. The summed E-state index contributed by atoms with van der Waals surface area (Å²) in [6.45, 7) is 5.14. The van der Waals surface area contributed by atoms with Gasteiger partial charge >= 0.3 is 12.0 Å². The molecule has 0 bridgehead atoms. The van der Waals surface area contributed by atoms with Gasteiger partial charge in [0.2, 0.25) is 0 Å². The Labute approximate surface area is 118 Å². The zero-order chi connectivity index (χ0) is 15.4. The highest BCUT2D eigenvalue weighted by molar-refractivity contribution is 5.94. The van der Waals surface area contributed by atoms with Gasteiger partial charge in [-0.15, -0.1) is 0 Å². The maximum atomic E-state index is 12.0. The smallest absolute Gasteiger partial charge is 0.328 e. The van der Waals surface area contributed by atoms with Crippen molar-refractivity contribution < 1.29 is 19.8 Å². The summed E-state index contributed by atoms with van der Waals surface area (Å²) in [6.07, 6.45) is -1.18. The Morgan fingerprint density at radius 1 is 1.30 bits per heavy atom. The standard InChI is InChI=1S/C14H20N2O4/c1-8-5-6-11(9(2)7-8)16(4)14(20)15-12(10(3)17)13(18)19/h5-7,10,12,17H,1-4H3,(H,15,20)(H,18,19). The van der Waals surface area contributed by atoms with Gasteiger partial charge in [-0.25, -0.2) is 9.59 Å². The summed E-state index contributed by atoms with van der Waals surface area (Å²) in [5.41, 5.74) is 2.67. The van der Waals surface area contributed by atoms with Crippen molar-refractivity contribution in [2.75, 3.05) is 11.9 Å². The molecule has 1 rings (SSSR count).